The van der Waals surface area contributed by atoms with Crippen LogP contribution in [0, 0.1) is 11.6 Å². The quantitative estimate of drug-likeness (QED) is 0.219. The van der Waals surface area contributed by atoms with Crippen molar-refractivity contribution in [3.05, 3.63) is 59.2 Å². The number of carbonyl (C=O) groups excluding carboxylic acids is 2. The van der Waals surface area contributed by atoms with Crippen molar-refractivity contribution in [2.24, 2.45) is 5.84 Å². The number of hydrogen-bond donors (Lipinski definition) is 3. The highest BCUT2D eigenvalue weighted by Gasteiger charge is 2.31. The van der Waals surface area contributed by atoms with E-state index in [1.807, 2.05) is 0 Å². The molecule has 0 bridgehead atoms. The van der Waals surface area contributed by atoms with Gasteiger partial charge in [0, 0.05) is 23.9 Å². The average molecular weight is 418 g/mol. The summed E-state index contributed by atoms with van der Waals surface area (Å²) in [7, 11) is 0. The second kappa shape index (κ2) is 8.73. The van der Waals surface area contributed by atoms with Gasteiger partial charge in [-0.3, -0.25) is 14.6 Å². The summed E-state index contributed by atoms with van der Waals surface area (Å²) in [5.74, 6) is 1.25. The van der Waals surface area contributed by atoms with Crippen LogP contribution in [0.4, 0.5) is 27.6 Å². The maximum atomic E-state index is 13.8. The smallest absolute Gasteiger partial charge is 0.406 e. The van der Waals surface area contributed by atoms with E-state index < -0.39 is 42.1 Å². The summed E-state index contributed by atoms with van der Waals surface area (Å²) >= 11 is 0. The first kappa shape index (κ1) is 21.9. The number of nitrogen functional groups attached to an aromatic ring is 1. The minimum absolute atomic E-state index is 0.0458. The monoisotopic (exact) mass is 418 g/mol. The molecule has 0 fully saturated rings. The highest BCUT2D eigenvalue weighted by Crippen LogP contribution is 2.24. The number of alkyl halides is 3. The molecule has 0 aromatic heterocycles. The van der Waals surface area contributed by atoms with E-state index in [0.717, 1.165) is 30.3 Å². The molecule has 0 saturated carbocycles. The number of hydrazine groups is 1. The van der Waals surface area contributed by atoms with Crippen molar-refractivity contribution in [2.75, 3.05) is 12.3 Å². The molecule has 7 nitrogen and oxygen atoms in total. The molecule has 0 aliphatic heterocycles. The van der Waals surface area contributed by atoms with Crippen LogP contribution in [0.25, 0.3) is 0 Å². The molecule has 0 saturated heterocycles. The zero-order valence-corrected chi connectivity index (χ0v) is 14.6. The predicted octanol–water partition coefficient (Wildman–Crippen LogP) is 2.08. The van der Waals surface area contributed by atoms with E-state index in [1.54, 1.807) is 0 Å². The number of hydrogen-bond acceptors (Lipinski definition) is 5. The van der Waals surface area contributed by atoms with Crippen LogP contribution in [-0.2, 0) is 11.3 Å². The molecule has 0 radical (unpaired) electrons. The van der Waals surface area contributed by atoms with Gasteiger partial charge in [-0.05, 0) is 24.3 Å². The Morgan fingerprint density at radius 3 is 2.41 bits per heavy atom. The number of nitrogens with one attached hydrogen (secondary N) is 1. The number of amides is 2. The Hall–Kier alpha value is -3.41. The van der Waals surface area contributed by atoms with Crippen LogP contribution in [0.15, 0.2) is 36.4 Å². The van der Waals surface area contributed by atoms with Gasteiger partial charge in [-0.15, -0.1) is 13.2 Å². The summed E-state index contributed by atoms with van der Waals surface area (Å²) in [6.07, 6.45) is -4.97. The van der Waals surface area contributed by atoms with E-state index in [4.69, 9.17) is 11.6 Å². The van der Waals surface area contributed by atoms with Crippen molar-refractivity contribution in [3.8, 4) is 5.75 Å². The molecule has 0 aliphatic rings. The highest BCUT2D eigenvalue weighted by atomic mass is 19.4. The summed E-state index contributed by atoms with van der Waals surface area (Å²) in [5.41, 5.74) is 5.15. The SMILES string of the molecule is Nc1ccc(F)cc1C(=O)N(N)CC(=O)NCc1ccc(OC(F)(F)F)cc1F. The lowest BCUT2D eigenvalue weighted by molar-refractivity contribution is -0.274. The molecule has 0 heterocycles. The van der Waals surface area contributed by atoms with Crippen LogP contribution < -0.4 is 21.6 Å². The van der Waals surface area contributed by atoms with E-state index in [-0.39, 0.29) is 23.4 Å². The number of nitrogens with two attached hydrogens (primary N) is 2. The standard InChI is InChI=1S/C17H15F5N4O3/c18-10-2-4-14(23)12(5-10)16(28)26(24)8-15(27)25-7-9-1-3-11(6-13(9)19)29-17(20,21)22/h1-6H,7-8,23-24H2,(H,25,27). The van der Waals surface area contributed by atoms with Crippen LogP contribution in [0.2, 0.25) is 0 Å². The van der Waals surface area contributed by atoms with E-state index >= 15 is 0 Å². The summed E-state index contributed by atoms with van der Waals surface area (Å²) in [5, 5.41) is 2.73. The van der Waals surface area contributed by atoms with Crippen molar-refractivity contribution >= 4 is 17.5 Å². The van der Waals surface area contributed by atoms with Crippen LogP contribution in [0.5, 0.6) is 5.75 Å². The topological polar surface area (TPSA) is 111 Å². The van der Waals surface area contributed by atoms with Gasteiger partial charge in [0.1, 0.15) is 23.9 Å². The zero-order valence-electron chi connectivity index (χ0n) is 14.6. The van der Waals surface area contributed by atoms with Gasteiger partial charge in [0.15, 0.2) is 0 Å². The molecule has 0 atom stereocenters. The predicted molar refractivity (Wildman–Crippen MR) is 91.0 cm³/mol. The Labute approximate surface area is 161 Å². The third-order valence-electron chi connectivity index (χ3n) is 3.55. The fraction of sp³-hybridized carbons (Fsp3) is 0.176. The number of anilines is 1. The molecule has 12 heteroatoms. The van der Waals surface area contributed by atoms with Gasteiger partial charge < -0.3 is 15.8 Å². The Morgan fingerprint density at radius 1 is 1.10 bits per heavy atom. The summed E-state index contributed by atoms with van der Waals surface area (Å²) < 4.78 is 67.0. The van der Waals surface area contributed by atoms with E-state index in [2.05, 4.69) is 10.1 Å². The van der Waals surface area contributed by atoms with Crippen LogP contribution >= 0.6 is 0 Å². The number of halogens is 5. The Balaban J connectivity index is 1.94. The fourth-order valence-electron chi connectivity index (χ4n) is 2.21. The fourth-order valence-corrected chi connectivity index (χ4v) is 2.21. The van der Waals surface area contributed by atoms with Crippen molar-refractivity contribution in [2.45, 2.75) is 12.9 Å². The first-order chi connectivity index (χ1) is 13.5. The first-order valence-corrected chi connectivity index (χ1v) is 7.88. The molecule has 0 aliphatic carbocycles. The molecule has 2 aromatic carbocycles. The Bertz CT molecular complexity index is 920. The van der Waals surface area contributed by atoms with Crippen LogP contribution in [0.3, 0.4) is 0 Å². The van der Waals surface area contributed by atoms with Gasteiger partial charge in [-0.25, -0.2) is 14.6 Å². The van der Waals surface area contributed by atoms with E-state index in [9.17, 15) is 31.5 Å². The third kappa shape index (κ3) is 6.31. The minimum atomic E-state index is -4.97. The molecule has 156 valence electrons. The Morgan fingerprint density at radius 2 is 1.79 bits per heavy atom. The largest absolute Gasteiger partial charge is 0.573 e. The lowest BCUT2D eigenvalue weighted by Crippen LogP contribution is -2.45. The van der Waals surface area contributed by atoms with Gasteiger partial charge in [-0.2, -0.15) is 0 Å². The maximum Gasteiger partial charge on any atom is 0.573 e. The summed E-state index contributed by atoms with van der Waals surface area (Å²) in [6.45, 7) is -1.05. The van der Waals surface area contributed by atoms with Gasteiger partial charge in [0.2, 0.25) is 5.91 Å². The summed E-state index contributed by atoms with van der Waals surface area (Å²) in [4.78, 5) is 24.0. The van der Waals surface area contributed by atoms with Crippen molar-refractivity contribution < 1.29 is 36.3 Å². The number of benzene rings is 2. The molecule has 29 heavy (non-hydrogen) atoms. The average Bonchev–Trinajstić information content (AvgIpc) is 2.61. The molecule has 5 N–H and O–H groups in total. The minimum Gasteiger partial charge on any atom is -0.406 e. The second-order valence-electron chi connectivity index (χ2n) is 5.74. The van der Waals surface area contributed by atoms with Crippen molar-refractivity contribution in [1.82, 2.24) is 10.3 Å². The molecule has 2 amide bonds. The maximum absolute atomic E-state index is 13.8. The molecular formula is C17H15F5N4O3. The molecule has 2 rings (SSSR count). The molecule has 0 unspecified atom stereocenters. The lowest BCUT2D eigenvalue weighted by Gasteiger charge is -2.17. The number of rotatable bonds is 6. The summed E-state index contributed by atoms with van der Waals surface area (Å²) in [6, 6.07) is 5.44. The third-order valence-corrected chi connectivity index (χ3v) is 3.55. The van der Waals surface area contributed by atoms with Gasteiger partial charge >= 0.3 is 6.36 Å². The van der Waals surface area contributed by atoms with Gasteiger partial charge in [-0.1, -0.05) is 6.07 Å². The normalized spacial score (nSPS) is 11.1. The van der Waals surface area contributed by atoms with Crippen LogP contribution in [0.1, 0.15) is 15.9 Å². The van der Waals surface area contributed by atoms with E-state index in [1.165, 1.54) is 0 Å². The number of ether oxygens (including phenoxy) is 1. The van der Waals surface area contributed by atoms with Gasteiger partial charge in [0.25, 0.3) is 5.91 Å². The van der Waals surface area contributed by atoms with Gasteiger partial charge in [0.05, 0.1) is 5.56 Å². The highest BCUT2D eigenvalue weighted by molar-refractivity contribution is 6.00. The Kier molecular flexibility index (Phi) is 6.59. The molecule has 2 aromatic rings. The van der Waals surface area contributed by atoms with Crippen molar-refractivity contribution in [1.29, 1.82) is 0 Å². The zero-order chi connectivity index (χ0) is 21.8. The molecule has 0 spiro atoms. The van der Waals surface area contributed by atoms with Crippen LogP contribution in [-0.4, -0.2) is 29.7 Å². The lowest BCUT2D eigenvalue weighted by atomic mass is 10.1. The molecular weight excluding hydrogens is 403 g/mol. The second-order valence-corrected chi connectivity index (χ2v) is 5.74. The van der Waals surface area contributed by atoms with Crippen molar-refractivity contribution in [3.63, 3.8) is 0 Å². The number of nitrogens with zero attached hydrogens (tertiary/aromatic N) is 1. The first-order valence-electron chi connectivity index (χ1n) is 7.88. The van der Waals surface area contributed by atoms with E-state index in [0.29, 0.717) is 11.1 Å². The number of carbonyl (C=O) groups is 2.